The first-order valence-corrected chi connectivity index (χ1v) is 9.51. The molecule has 0 radical (unpaired) electrons. The highest BCUT2D eigenvalue weighted by Crippen LogP contribution is 2.21. The van der Waals surface area contributed by atoms with E-state index in [1.54, 1.807) is 12.1 Å². The molecule has 1 aromatic heterocycles. The quantitative estimate of drug-likeness (QED) is 0.892. The molecule has 1 aliphatic heterocycles. The van der Waals surface area contributed by atoms with Crippen LogP contribution in [0.5, 0.6) is 0 Å². The molecule has 0 spiro atoms. The van der Waals surface area contributed by atoms with E-state index in [2.05, 4.69) is 10.4 Å². The van der Waals surface area contributed by atoms with Crippen LogP contribution in [0.25, 0.3) is 0 Å². The Morgan fingerprint density at radius 1 is 1.42 bits per heavy atom. The Kier molecular flexibility index (Phi) is 4.60. The van der Waals surface area contributed by atoms with E-state index in [1.165, 1.54) is 23.0 Å². The number of aromatic nitrogens is 2. The van der Waals surface area contributed by atoms with Gasteiger partial charge in [-0.3, -0.25) is 4.79 Å². The molecule has 1 unspecified atom stereocenters. The molecule has 0 saturated carbocycles. The summed E-state index contributed by atoms with van der Waals surface area (Å²) in [6.45, 7) is 0.250. The SMILES string of the molecule is O=C(Nc1ccnn1Cc1ccc(Cl)c(F)c1)C1CCS(=O)(=O)C1. The van der Waals surface area contributed by atoms with Gasteiger partial charge in [0.2, 0.25) is 5.91 Å². The van der Waals surface area contributed by atoms with Gasteiger partial charge in [0, 0.05) is 6.07 Å². The zero-order valence-corrected chi connectivity index (χ0v) is 14.1. The first-order valence-electron chi connectivity index (χ1n) is 7.31. The molecule has 0 bridgehead atoms. The molecule has 1 aliphatic rings. The Balaban J connectivity index is 1.71. The molecular weight excluding hydrogens is 357 g/mol. The zero-order chi connectivity index (χ0) is 17.3. The second kappa shape index (κ2) is 6.52. The third-order valence-electron chi connectivity index (χ3n) is 3.89. The third-order valence-corrected chi connectivity index (χ3v) is 5.96. The number of rotatable bonds is 4. The van der Waals surface area contributed by atoms with Crippen LogP contribution in [0.15, 0.2) is 30.5 Å². The fourth-order valence-electron chi connectivity index (χ4n) is 2.61. The summed E-state index contributed by atoms with van der Waals surface area (Å²) in [4.78, 5) is 12.2. The van der Waals surface area contributed by atoms with Crippen molar-refractivity contribution >= 4 is 33.2 Å². The first kappa shape index (κ1) is 16.9. The van der Waals surface area contributed by atoms with Gasteiger partial charge in [-0.1, -0.05) is 17.7 Å². The number of anilines is 1. The van der Waals surface area contributed by atoms with E-state index in [0.717, 1.165) is 0 Å². The second-order valence-corrected chi connectivity index (χ2v) is 8.35. The number of amides is 1. The minimum absolute atomic E-state index is 0.0361. The molecule has 1 N–H and O–H groups in total. The molecule has 1 aromatic carbocycles. The molecule has 3 rings (SSSR count). The second-order valence-electron chi connectivity index (χ2n) is 5.71. The van der Waals surface area contributed by atoms with E-state index in [4.69, 9.17) is 11.6 Å². The summed E-state index contributed by atoms with van der Waals surface area (Å²) in [6.07, 6.45) is 1.83. The van der Waals surface area contributed by atoms with Crippen molar-refractivity contribution < 1.29 is 17.6 Å². The highest BCUT2D eigenvalue weighted by molar-refractivity contribution is 7.91. The van der Waals surface area contributed by atoms with Gasteiger partial charge in [-0.15, -0.1) is 0 Å². The molecule has 128 valence electrons. The van der Waals surface area contributed by atoms with Crippen LogP contribution in [0, 0.1) is 11.7 Å². The number of halogens is 2. The van der Waals surface area contributed by atoms with Crippen LogP contribution in [0.4, 0.5) is 10.2 Å². The molecule has 2 heterocycles. The normalized spacial score (nSPS) is 19.3. The largest absolute Gasteiger partial charge is 0.311 e. The molecule has 0 aliphatic carbocycles. The van der Waals surface area contributed by atoms with Gasteiger partial charge in [-0.2, -0.15) is 5.10 Å². The topological polar surface area (TPSA) is 81.1 Å². The highest BCUT2D eigenvalue weighted by atomic mass is 35.5. The molecule has 1 saturated heterocycles. The monoisotopic (exact) mass is 371 g/mol. The lowest BCUT2D eigenvalue weighted by Gasteiger charge is -2.12. The number of benzene rings is 1. The van der Waals surface area contributed by atoms with Crippen LogP contribution in [0.1, 0.15) is 12.0 Å². The van der Waals surface area contributed by atoms with Gasteiger partial charge in [-0.25, -0.2) is 17.5 Å². The van der Waals surface area contributed by atoms with Crippen molar-refractivity contribution in [2.24, 2.45) is 5.92 Å². The van der Waals surface area contributed by atoms with Crippen LogP contribution in [0.2, 0.25) is 5.02 Å². The Labute approximate surface area is 143 Å². The average Bonchev–Trinajstić information content (AvgIpc) is 3.09. The van der Waals surface area contributed by atoms with Crippen LogP contribution < -0.4 is 5.32 Å². The molecule has 2 aromatic rings. The molecule has 1 amide bonds. The van der Waals surface area contributed by atoms with E-state index in [0.29, 0.717) is 17.8 Å². The predicted molar refractivity (Wildman–Crippen MR) is 88.1 cm³/mol. The molecule has 9 heteroatoms. The van der Waals surface area contributed by atoms with Gasteiger partial charge in [0.15, 0.2) is 9.84 Å². The van der Waals surface area contributed by atoms with Crippen molar-refractivity contribution in [2.75, 3.05) is 16.8 Å². The van der Waals surface area contributed by atoms with Crippen LogP contribution in [-0.4, -0.2) is 35.6 Å². The van der Waals surface area contributed by atoms with Crippen molar-refractivity contribution in [1.29, 1.82) is 0 Å². The standard InChI is InChI=1S/C15H15ClFN3O3S/c16-12-2-1-10(7-13(12)17)8-20-14(3-5-18-20)19-15(21)11-4-6-24(22,23)9-11/h1-3,5,7,11H,4,6,8-9H2,(H,19,21). The molecule has 1 fully saturated rings. The van der Waals surface area contributed by atoms with Crippen LogP contribution in [-0.2, 0) is 21.2 Å². The third kappa shape index (κ3) is 3.76. The summed E-state index contributed by atoms with van der Waals surface area (Å²) in [5, 5.41) is 6.83. The summed E-state index contributed by atoms with van der Waals surface area (Å²) >= 11 is 5.65. The highest BCUT2D eigenvalue weighted by Gasteiger charge is 2.33. The van der Waals surface area contributed by atoms with Gasteiger partial charge in [0.05, 0.1) is 35.2 Å². The fourth-order valence-corrected chi connectivity index (χ4v) is 4.46. The van der Waals surface area contributed by atoms with Gasteiger partial charge in [-0.05, 0) is 24.1 Å². The molecule has 1 atom stereocenters. The van der Waals surface area contributed by atoms with Crippen LogP contribution in [0.3, 0.4) is 0 Å². The van der Waals surface area contributed by atoms with E-state index in [1.807, 2.05) is 0 Å². The Bertz CT molecular complexity index is 882. The van der Waals surface area contributed by atoms with Crippen molar-refractivity contribution in [2.45, 2.75) is 13.0 Å². The number of hydrogen-bond donors (Lipinski definition) is 1. The maximum Gasteiger partial charge on any atom is 0.229 e. The molecule has 24 heavy (non-hydrogen) atoms. The minimum Gasteiger partial charge on any atom is -0.311 e. The summed E-state index contributed by atoms with van der Waals surface area (Å²) in [6, 6.07) is 6.03. The number of sulfone groups is 1. The fraction of sp³-hybridized carbons (Fsp3) is 0.333. The van der Waals surface area contributed by atoms with Gasteiger partial charge < -0.3 is 5.32 Å². The maximum atomic E-state index is 13.5. The number of nitrogens with one attached hydrogen (secondary N) is 1. The first-order chi connectivity index (χ1) is 11.3. The van der Waals surface area contributed by atoms with Crippen molar-refractivity contribution in [3.8, 4) is 0 Å². The number of hydrogen-bond acceptors (Lipinski definition) is 4. The lowest BCUT2D eigenvalue weighted by molar-refractivity contribution is -0.119. The summed E-state index contributed by atoms with van der Waals surface area (Å²) in [5.41, 5.74) is 0.638. The van der Waals surface area contributed by atoms with Crippen molar-refractivity contribution in [3.05, 3.63) is 46.9 Å². The molecule has 6 nitrogen and oxygen atoms in total. The lowest BCUT2D eigenvalue weighted by Crippen LogP contribution is -2.25. The van der Waals surface area contributed by atoms with Crippen molar-refractivity contribution in [1.82, 2.24) is 9.78 Å². The van der Waals surface area contributed by atoms with E-state index in [9.17, 15) is 17.6 Å². The summed E-state index contributed by atoms with van der Waals surface area (Å²) in [5.74, 6) is -1.09. The lowest BCUT2D eigenvalue weighted by atomic mass is 10.1. The molecular formula is C15H15ClFN3O3S. The smallest absolute Gasteiger partial charge is 0.229 e. The number of carbonyl (C=O) groups excluding carboxylic acids is 1. The van der Waals surface area contributed by atoms with Gasteiger partial charge >= 0.3 is 0 Å². The summed E-state index contributed by atoms with van der Waals surface area (Å²) in [7, 11) is -3.12. The van der Waals surface area contributed by atoms with Crippen LogP contribution >= 0.6 is 11.6 Å². The zero-order valence-electron chi connectivity index (χ0n) is 12.6. The Morgan fingerprint density at radius 2 is 2.21 bits per heavy atom. The average molecular weight is 372 g/mol. The van der Waals surface area contributed by atoms with Gasteiger partial charge in [0.25, 0.3) is 0 Å². The Morgan fingerprint density at radius 3 is 2.88 bits per heavy atom. The van der Waals surface area contributed by atoms with E-state index < -0.39 is 21.6 Å². The number of carbonyl (C=O) groups is 1. The Hall–Kier alpha value is -1.93. The van der Waals surface area contributed by atoms with Gasteiger partial charge in [0.1, 0.15) is 11.6 Å². The van der Waals surface area contributed by atoms with E-state index >= 15 is 0 Å². The predicted octanol–water partition coefficient (Wildman–Crippen LogP) is 2.10. The summed E-state index contributed by atoms with van der Waals surface area (Å²) < 4.78 is 38.0. The maximum absolute atomic E-state index is 13.5. The number of nitrogens with zero attached hydrogens (tertiary/aromatic N) is 2. The minimum atomic E-state index is -3.12. The van der Waals surface area contributed by atoms with Crippen molar-refractivity contribution in [3.63, 3.8) is 0 Å². The van der Waals surface area contributed by atoms with E-state index in [-0.39, 0.29) is 29.0 Å².